The SMILES string of the molecule is CC(N)CCNc1nc(Br)cs1. The molecule has 5 heteroatoms. The monoisotopic (exact) mass is 249 g/mol. The maximum Gasteiger partial charge on any atom is 0.183 e. The van der Waals surface area contributed by atoms with E-state index in [0.29, 0.717) is 0 Å². The van der Waals surface area contributed by atoms with Gasteiger partial charge in [0.15, 0.2) is 5.13 Å². The molecule has 0 bridgehead atoms. The van der Waals surface area contributed by atoms with Crippen LogP contribution < -0.4 is 11.1 Å². The van der Waals surface area contributed by atoms with Crippen LogP contribution in [0.4, 0.5) is 5.13 Å². The van der Waals surface area contributed by atoms with Gasteiger partial charge < -0.3 is 11.1 Å². The lowest BCUT2D eigenvalue weighted by Crippen LogP contribution is -2.19. The van der Waals surface area contributed by atoms with Gasteiger partial charge in [0.05, 0.1) is 0 Å². The van der Waals surface area contributed by atoms with Gasteiger partial charge in [-0.05, 0) is 29.3 Å². The molecule has 1 aromatic heterocycles. The lowest BCUT2D eigenvalue weighted by molar-refractivity contribution is 0.690. The summed E-state index contributed by atoms with van der Waals surface area (Å²) in [6.07, 6.45) is 0.969. The average Bonchev–Trinajstić information content (AvgIpc) is 2.35. The van der Waals surface area contributed by atoms with Crippen LogP contribution in [0, 0.1) is 0 Å². The largest absolute Gasteiger partial charge is 0.361 e. The van der Waals surface area contributed by atoms with Gasteiger partial charge in [-0.25, -0.2) is 4.98 Å². The average molecular weight is 250 g/mol. The second kappa shape index (κ2) is 4.79. The van der Waals surface area contributed by atoms with Crippen molar-refractivity contribution in [3.63, 3.8) is 0 Å². The van der Waals surface area contributed by atoms with Crippen molar-refractivity contribution in [3.05, 3.63) is 9.98 Å². The Morgan fingerprint density at radius 1 is 1.83 bits per heavy atom. The summed E-state index contributed by atoms with van der Waals surface area (Å²) >= 11 is 4.88. The molecule has 0 aromatic carbocycles. The van der Waals surface area contributed by atoms with E-state index in [2.05, 4.69) is 26.2 Å². The summed E-state index contributed by atoms with van der Waals surface area (Å²) in [5.74, 6) is 0. The predicted molar refractivity (Wildman–Crippen MR) is 56.6 cm³/mol. The van der Waals surface area contributed by atoms with Crippen molar-refractivity contribution in [1.29, 1.82) is 0 Å². The molecule has 0 aliphatic rings. The Morgan fingerprint density at radius 2 is 2.58 bits per heavy atom. The zero-order valence-electron chi connectivity index (χ0n) is 6.88. The standard InChI is InChI=1S/C7H12BrN3S/c1-5(9)2-3-10-7-11-6(8)4-12-7/h4-5H,2-3,9H2,1H3,(H,10,11). The van der Waals surface area contributed by atoms with Crippen LogP contribution in [0.2, 0.25) is 0 Å². The molecule has 1 rings (SSSR count). The fourth-order valence-corrected chi connectivity index (χ4v) is 1.92. The number of halogens is 1. The van der Waals surface area contributed by atoms with Gasteiger partial charge in [0.2, 0.25) is 0 Å². The molecule has 3 N–H and O–H groups in total. The lowest BCUT2D eigenvalue weighted by atomic mass is 10.2. The maximum atomic E-state index is 5.60. The molecule has 1 atom stereocenters. The third-order valence-electron chi connectivity index (χ3n) is 1.35. The molecule has 0 amide bonds. The van der Waals surface area contributed by atoms with Gasteiger partial charge in [0, 0.05) is 18.0 Å². The van der Waals surface area contributed by atoms with E-state index >= 15 is 0 Å². The highest BCUT2D eigenvalue weighted by Gasteiger charge is 1.98. The summed E-state index contributed by atoms with van der Waals surface area (Å²) in [4.78, 5) is 4.19. The van der Waals surface area contributed by atoms with Gasteiger partial charge in [-0.15, -0.1) is 11.3 Å². The molecule has 0 saturated carbocycles. The smallest absolute Gasteiger partial charge is 0.183 e. The zero-order chi connectivity index (χ0) is 8.97. The summed E-state index contributed by atoms with van der Waals surface area (Å²) in [7, 11) is 0. The molecule has 0 aliphatic carbocycles. The number of hydrogen-bond donors (Lipinski definition) is 2. The third kappa shape index (κ3) is 3.51. The predicted octanol–water partition coefficient (Wildman–Crippen LogP) is 2.05. The molecule has 1 unspecified atom stereocenters. The lowest BCUT2D eigenvalue weighted by Gasteiger charge is -2.04. The van der Waals surface area contributed by atoms with Crippen molar-refractivity contribution in [3.8, 4) is 0 Å². The highest BCUT2D eigenvalue weighted by molar-refractivity contribution is 9.10. The number of aromatic nitrogens is 1. The molecule has 3 nitrogen and oxygen atoms in total. The number of thiazole rings is 1. The first-order valence-corrected chi connectivity index (χ1v) is 5.46. The second-order valence-electron chi connectivity index (χ2n) is 2.67. The van der Waals surface area contributed by atoms with Crippen molar-refractivity contribution in [2.24, 2.45) is 5.73 Å². The maximum absolute atomic E-state index is 5.60. The summed E-state index contributed by atoms with van der Waals surface area (Å²) in [6, 6.07) is 0.251. The minimum atomic E-state index is 0.251. The van der Waals surface area contributed by atoms with Crippen LogP contribution in [-0.4, -0.2) is 17.6 Å². The Kier molecular flexibility index (Phi) is 3.97. The number of rotatable bonds is 4. The first-order valence-electron chi connectivity index (χ1n) is 3.79. The molecule has 12 heavy (non-hydrogen) atoms. The van der Waals surface area contributed by atoms with E-state index in [4.69, 9.17) is 5.73 Å². The van der Waals surface area contributed by atoms with Gasteiger partial charge >= 0.3 is 0 Å². The van der Waals surface area contributed by atoms with E-state index in [-0.39, 0.29) is 6.04 Å². The fourth-order valence-electron chi connectivity index (χ4n) is 0.742. The van der Waals surface area contributed by atoms with Crippen LogP contribution in [0.1, 0.15) is 13.3 Å². The quantitative estimate of drug-likeness (QED) is 0.859. The first-order chi connectivity index (χ1) is 5.68. The van der Waals surface area contributed by atoms with Crippen molar-refractivity contribution in [2.45, 2.75) is 19.4 Å². The number of nitrogens with zero attached hydrogens (tertiary/aromatic N) is 1. The molecular weight excluding hydrogens is 238 g/mol. The molecule has 0 saturated heterocycles. The summed E-state index contributed by atoms with van der Waals surface area (Å²) < 4.78 is 0.885. The van der Waals surface area contributed by atoms with Crippen LogP contribution in [0.15, 0.2) is 9.98 Å². The Morgan fingerprint density at radius 3 is 3.08 bits per heavy atom. The van der Waals surface area contributed by atoms with Crippen LogP contribution in [0.5, 0.6) is 0 Å². The van der Waals surface area contributed by atoms with Crippen molar-refractivity contribution < 1.29 is 0 Å². The van der Waals surface area contributed by atoms with E-state index < -0.39 is 0 Å². The van der Waals surface area contributed by atoms with Crippen LogP contribution in [0.25, 0.3) is 0 Å². The topological polar surface area (TPSA) is 50.9 Å². The second-order valence-corrected chi connectivity index (χ2v) is 4.34. The minimum absolute atomic E-state index is 0.251. The van der Waals surface area contributed by atoms with Crippen LogP contribution in [0.3, 0.4) is 0 Å². The van der Waals surface area contributed by atoms with Crippen LogP contribution >= 0.6 is 27.3 Å². The van der Waals surface area contributed by atoms with Gasteiger partial charge in [-0.3, -0.25) is 0 Å². The molecule has 0 radical (unpaired) electrons. The number of hydrogen-bond acceptors (Lipinski definition) is 4. The van der Waals surface area contributed by atoms with Crippen molar-refractivity contribution >= 4 is 32.4 Å². The Labute approximate surface area is 84.5 Å². The summed E-state index contributed by atoms with van der Waals surface area (Å²) in [5, 5.41) is 6.09. The Hall–Kier alpha value is -0.130. The first kappa shape index (κ1) is 9.95. The summed E-state index contributed by atoms with van der Waals surface area (Å²) in [6.45, 7) is 2.89. The van der Waals surface area contributed by atoms with Gasteiger partial charge in [0.25, 0.3) is 0 Å². The van der Waals surface area contributed by atoms with Crippen molar-refractivity contribution in [2.75, 3.05) is 11.9 Å². The van der Waals surface area contributed by atoms with Gasteiger partial charge in [-0.1, -0.05) is 0 Å². The zero-order valence-corrected chi connectivity index (χ0v) is 9.28. The molecule has 0 spiro atoms. The van der Waals surface area contributed by atoms with Gasteiger partial charge in [0.1, 0.15) is 4.60 Å². The van der Waals surface area contributed by atoms with E-state index in [1.807, 2.05) is 12.3 Å². The molecule has 68 valence electrons. The Balaban J connectivity index is 2.24. The van der Waals surface area contributed by atoms with E-state index in [1.165, 1.54) is 0 Å². The number of anilines is 1. The third-order valence-corrected chi connectivity index (χ3v) is 2.86. The van der Waals surface area contributed by atoms with Crippen molar-refractivity contribution in [1.82, 2.24) is 4.98 Å². The number of nitrogens with one attached hydrogen (secondary N) is 1. The molecule has 0 fully saturated rings. The van der Waals surface area contributed by atoms with E-state index in [1.54, 1.807) is 11.3 Å². The molecule has 1 heterocycles. The Bertz CT molecular complexity index is 236. The molecular formula is C7H12BrN3S. The minimum Gasteiger partial charge on any atom is -0.361 e. The summed E-state index contributed by atoms with van der Waals surface area (Å²) in [5.41, 5.74) is 5.60. The normalized spacial score (nSPS) is 12.9. The van der Waals surface area contributed by atoms with E-state index in [9.17, 15) is 0 Å². The highest BCUT2D eigenvalue weighted by atomic mass is 79.9. The van der Waals surface area contributed by atoms with Gasteiger partial charge in [-0.2, -0.15) is 0 Å². The number of nitrogens with two attached hydrogens (primary N) is 1. The highest BCUT2D eigenvalue weighted by Crippen LogP contribution is 2.18. The fraction of sp³-hybridized carbons (Fsp3) is 0.571. The van der Waals surface area contributed by atoms with Crippen LogP contribution in [-0.2, 0) is 0 Å². The molecule has 1 aromatic rings. The van der Waals surface area contributed by atoms with E-state index in [0.717, 1.165) is 22.7 Å². The molecule has 0 aliphatic heterocycles.